The van der Waals surface area contributed by atoms with Crippen molar-refractivity contribution in [3.63, 3.8) is 0 Å². The summed E-state index contributed by atoms with van der Waals surface area (Å²) in [5.74, 6) is 0.0822. The topological polar surface area (TPSA) is 71.2 Å². The molecule has 0 aliphatic carbocycles. The minimum Gasteiger partial charge on any atom is -0.383 e. The first kappa shape index (κ1) is 16.9. The molecule has 1 heterocycles. The molecule has 1 aromatic rings. The summed E-state index contributed by atoms with van der Waals surface area (Å²) in [6.45, 7) is 6.03. The van der Waals surface area contributed by atoms with Gasteiger partial charge in [-0.1, -0.05) is 0 Å². The van der Waals surface area contributed by atoms with E-state index in [0.29, 0.717) is 18.2 Å². The van der Waals surface area contributed by atoms with Crippen LogP contribution in [0.1, 0.15) is 37.0 Å². The van der Waals surface area contributed by atoms with Gasteiger partial charge in [-0.25, -0.2) is 4.98 Å². The van der Waals surface area contributed by atoms with Gasteiger partial charge in [-0.3, -0.25) is 4.79 Å². The molecule has 1 amide bonds. The Morgan fingerprint density at radius 3 is 2.85 bits per heavy atom. The highest BCUT2D eigenvalue weighted by Crippen LogP contribution is 2.15. The van der Waals surface area contributed by atoms with Crippen molar-refractivity contribution in [3.05, 3.63) is 22.3 Å². The van der Waals surface area contributed by atoms with Gasteiger partial charge in [0.1, 0.15) is 5.82 Å². The molecule has 0 radical (unpaired) electrons. The normalized spacial score (nSPS) is 11.1. The zero-order valence-corrected chi connectivity index (χ0v) is 13.9. The summed E-state index contributed by atoms with van der Waals surface area (Å²) in [5.41, 5.74) is 6.11. The van der Waals surface area contributed by atoms with E-state index in [4.69, 9.17) is 5.73 Å². The quantitative estimate of drug-likeness (QED) is 0.745. The van der Waals surface area contributed by atoms with Gasteiger partial charge in [-0.05, 0) is 62.3 Å². The fourth-order valence-electron chi connectivity index (χ4n) is 1.67. The number of nitrogens with one attached hydrogen (secondary N) is 1. The number of aromatic nitrogens is 1. The third-order valence-corrected chi connectivity index (χ3v) is 3.67. The van der Waals surface area contributed by atoms with Crippen LogP contribution in [0.15, 0.2) is 16.7 Å². The van der Waals surface area contributed by atoms with Crippen molar-refractivity contribution in [2.75, 3.05) is 25.9 Å². The average molecular weight is 343 g/mol. The zero-order valence-electron chi connectivity index (χ0n) is 12.3. The highest BCUT2D eigenvalue weighted by Gasteiger charge is 2.10. The zero-order chi connectivity index (χ0) is 15.1. The molecule has 0 unspecified atom stereocenters. The minimum atomic E-state index is -0.173. The molecular formula is C14H23BrN4O. The van der Waals surface area contributed by atoms with E-state index >= 15 is 0 Å². The van der Waals surface area contributed by atoms with E-state index in [-0.39, 0.29) is 11.7 Å². The number of hydrogen-bond acceptors (Lipinski definition) is 4. The molecule has 0 fully saturated rings. The molecule has 0 aliphatic heterocycles. The van der Waals surface area contributed by atoms with E-state index in [9.17, 15) is 4.79 Å². The molecule has 20 heavy (non-hydrogen) atoms. The van der Waals surface area contributed by atoms with Crippen LogP contribution in [0.5, 0.6) is 0 Å². The number of nitrogens with zero attached hydrogens (tertiary/aromatic N) is 2. The van der Waals surface area contributed by atoms with Crippen molar-refractivity contribution in [2.24, 2.45) is 0 Å². The Morgan fingerprint density at radius 1 is 1.50 bits per heavy atom. The van der Waals surface area contributed by atoms with Gasteiger partial charge < -0.3 is 16.0 Å². The molecule has 0 saturated carbocycles. The Balaban J connectivity index is 2.32. The Kier molecular flexibility index (Phi) is 6.95. The largest absolute Gasteiger partial charge is 0.383 e. The number of rotatable bonds is 7. The molecule has 0 saturated heterocycles. The van der Waals surface area contributed by atoms with E-state index in [1.807, 2.05) is 0 Å². The van der Waals surface area contributed by atoms with Gasteiger partial charge in [-0.2, -0.15) is 0 Å². The molecule has 6 heteroatoms. The lowest BCUT2D eigenvalue weighted by Gasteiger charge is -2.20. The summed E-state index contributed by atoms with van der Waals surface area (Å²) < 4.78 is 0.746. The number of nitrogen functional groups attached to an aromatic ring is 1. The molecule has 0 aliphatic rings. The molecule has 5 nitrogen and oxygen atoms in total. The number of nitrogens with two attached hydrogens (primary N) is 1. The van der Waals surface area contributed by atoms with E-state index in [0.717, 1.165) is 23.9 Å². The maximum Gasteiger partial charge on any atom is 0.255 e. The molecule has 1 rings (SSSR count). The smallest absolute Gasteiger partial charge is 0.255 e. The molecule has 0 spiro atoms. The van der Waals surface area contributed by atoms with E-state index < -0.39 is 0 Å². The molecule has 112 valence electrons. The number of amides is 1. The second-order valence-corrected chi connectivity index (χ2v) is 6.04. The van der Waals surface area contributed by atoms with Crippen molar-refractivity contribution in [1.82, 2.24) is 15.2 Å². The van der Waals surface area contributed by atoms with Crippen LogP contribution in [0.4, 0.5) is 5.82 Å². The Morgan fingerprint density at radius 2 is 2.20 bits per heavy atom. The lowest BCUT2D eigenvalue weighted by atomic mass is 10.2. The third-order valence-electron chi connectivity index (χ3n) is 3.23. The molecule has 0 aromatic carbocycles. The van der Waals surface area contributed by atoms with Gasteiger partial charge in [0, 0.05) is 23.3 Å². The van der Waals surface area contributed by atoms with Crippen LogP contribution < -0.4 is 11.1 Å². The molecule has 3 N–H and O–H groups in total. The SMILES string of the molecule is CC(C)N(C)CCCCNC(=O)c1cc(Br)cnc1N. The summed E-state index contributed by atoms with van der Waals surface area (Å²) >= 11 is 3.28. The van der Waals surface area contributed by atoms with Crippen molar-refractivity contribution in [1.29, 1.82) is 0 Å². The number of hydrogen-bond donors (Lipinski definition) is 2. The van der Waals surface area contributed by atoms with Crippen LogP contribution in [0.25, 0.3) is 0 Å². The van der Waals surface area contributed by atoms with Gasteiger partial charge in [0.15, 0.2) is 0 Å². The number of unbranched alkanes of at least 4 members (excludes halogenated alkanes) is 1. The van der Waals surface area contributed by atoms with Crippen molar-refractivity contribution < 1.29 is 4.79 Å². The predicted molar refractivity (Wildman–Crippen MR) is 85.7 cm³/mol. The van der Waals surface area contributed by atoms with Crippen LogP contribution >= 0.6 is 15.9 Å². The first-order chi connectivity index (χ1) is 9.41. The highest BCUT2D eigenvalue weighted by atomic mass is 79.9. The summed E-state index contributed by atoms with van der Waals surface area (Å²) in [4.78, 5) is 18.2. The predicted octanol–water partition coefficient (Wildman–Crippen LogP) is 2.28. The summed E-state index contributed by atoms with van der Waals surface area (Å²) in [5, 5.41) is 2.87. The average Bonchev–Trinajstić information content (AvgIpc) is 2.40. The Labute approximate surface area is 129 Å². The first-order valence-electron chi connectivity index (χ1n) is 6.81. The van der Waals surface area contributed by atoms with Gasteiger partial charge in [0.2, 0.25) is 0 Å². The maximum absolute atomic E-state index is 12.0. The van der Waals surface area contributed by atoms with Gasteiger partial charge in [-0.15, -0.1) is 0 Å². The van der Waals surface area contributed by atoms with Crippen LogP contribution in [0, 0.1) is 0 Å². The standard InChI is InChI=1S/C14H23BrN4O/c1-10(2)19(3)7-5-4-6-17-14(20)12-8-11(15)9-18-13(12)16/h8-10H,4-7H2,1-3H3,(H2,16,18)(H,17,20). The maximum atomic E-state index is 12.0. The number of pyridine rings is 1. The van der Waals surface area contributed by atoms with Crippen molar-refractivity contribution in [2.45, 2.75) is 32.7 Å². The van der Waals surface area contributed by atoms with Crippen LogP contribution in [-0.4, -0.2) is 42.0 Å². The number of carbonyl (C=O) groups excluding carboxylic acids is 1. The number of halogens is 1. The summed E-state index contributed by atoms with van der Waals surface area (Å²) in [7, 11) is 2.11. The summed E-state index contributed by atoms with van der Waals surface area (Å²) in [6.07, 6.45) is 3.58. The van der Waals surface area contributed by atoms with Crippen LogP contribution in [0.2, 0.25) is 0 Å². The monoisotopic (exact) mass is 342 g/mol. The molecular weight excluding hydrogens is 320 g/mol. The van der Waals surface area contributed by atoms with Crippen molar-refractivity contribution >= 4 is 27.7 Å². The molecule has 0 bridgehead atoms. The second kappa shape index (κ2) is 8.21. The van der Waals surface area contributed by atoms with Crippen molar-refractivity contribution in [3.8, 4) is 0 Å². The Bertz CT molecular complexity index is 451. The fraction of sp³-hybridized carbons (Fsp3) is 0.571. The lowest BCUT2D eigenvalue weighted by molar-refractivity contribution is 0.0953. The van der Waals surface area contributed by atoms with Crippen LogP contribution in [-0.2, 0) is 0 Å². The second-order valence-electron chi connectivity index (χ2n) is 5.12. The van der Waals surface area contributed by atoms with E-state index in [1.54, 1.807) is 12.3 Å². The fourth-order valence-corrected chi connectivity index (χ4v) is 2.00. The number of anilines is 1. The van der Waals surface area contributed by atoms with Crippen LogP contribution in [0.3, 0.4) is 0 Å². The molecule has 0 atom stereocenters. The minimum absolute atomic E-state index is 0.173. The van der Waals surface area contributed by atoms with E-state index in [2.05, 4.69) is 52.0 Å². The lowest BCUT2D eigenvalue weighted by Crippen LogP contribution is -2.29. The highest BCUT2D eigenvalue weighted by molar-refractivity contribution is 9.10. The first-order valence-corrected chi connectivity index (χ1v) is 7.60. The van der Waals surface area contributed by atoms with Gasteiger partial charge >= 0.3 is 0 Å². The third kappa shape index (κ3) is 5.46. The van der Waals surface area contributed by atoms with Gasteiger partial charge in [0.25, 0.3) is 5.91 Å². The molecule has 1 aromatic heterocycles. The van der Waals surface area contributed by atoms with Gasteiger partial charge in [0.05, 0.1) is 5.56 Å². The number of carbonyl (C=O) groups is 1. The summed E-state index contributed by atoms with van der Waals surface area (Å²) in [6, 6.07) is 2.24. The Hall–Kier alpha value is -1.14. The van der Waals surface area contributed by atoms with E-state index in [1.165, 1.54) is 0 Å².